The number of aromatic nitrogens is 4. The van der Waals surface area contributed by atoms with Gasteiger partial charge in [-0.25, -0.2) is 4.99 Å². The fourth-order valence-electron chi connectivity index (χ4n) is 1.53. The summed E-state index contributed by atoms with van der Waals surface area (Å²) < 4.78 is 1.65. The van der Waals surface area contributed by atoms with Crippen LogP contribution in [0.5, 0.6) is 0 Å². The predicted molar refractivity (Wildman–Crippen MR) is 51.0 cm³/mol. The number of hydrogen-bond donors (Lipinski definition) is 0. The number of fused-ring (bicyclic) bond motifs is 3. The quantitative estimate of drug-likeness (QED) is 0.613. The van der Waals surface area contributed by atoms with E-state index >= 15 is 0 Å². The van der Waals surface area contributed by atoms with Crippen LogP contribution in [0, 0.1) is 0 Å². The number of nitrogens with zero attached hydrogens (tertiary/aromatic N) is 5. The molecule has 0 amide bonds. The molecule has 2 aromatic rings. The van der Waals surface area contributed by atoms with Crippen LogP contribution in [-0.2, 0) is 6.42 Å². The van der Waals surface area contributed by atoms with E-state index in [1.165, 1.54) is 5.56 Å². The van der Waals surface area contributed by atoms with Gasteiger partial charge in [0.05, 0.1) is 5.69 Å². The van der Waals surface area contributed by atoms with Gasteiger partial charge in [0.1, 0.15) is 0 Å². The van der Waals surface area contributed by atoms with Crippen LogP contribution in [0.3, 0.4) is 0 Å². The van der Waals surface area contributed by atoms with Crippen LogP contribution in [-0.4, -0.2) is 26.4 Å². The van der Waals surface area contributed by atoms with Crippen LogP contribution in [0.4, 0.5) is 5.95 Å². The number of aliphatic imine (C=N–C) groups is 1. The van der Waals surface area contributed by atoms with Crippen molar-refractivity contribution in [1.29, 1.82) is 0 Å². The van der Waals surface area contributed by atoms with E-state index < -0.39 is 0 Å². The molecule has 0 saturated carbocycles. The number of tetrazole rings is 1. The number of para-hydroxylation sites is 1. The van der Waals surface area contributed by atoms with Gasteiger partial charge in [0.25, 0.3) is 5.95 Å². The van der Waals surface area contributed by atoms with E-state index in [4.69, 9.17) is 0 Å². The Labute approximate surface area is 80.1 Å². The summed E-state index contributed by atoms with van der Waals surface area (Å²) in [6.45, 7) is 0. The van der Waals surface area contributed by atoms with E-state index in [1.807, 2.05) is 24.4 Å². The lowest BCUT2D eigenvalue weighted by molar-refractivity contribution is 0.787. The number of hydrogen-bond acceptors (Lipinski definition) is 4. The number of benzene rings is 1. The Balaban J connectivity index is 2.33. The van der Waals surface area contributed by atoms with Gasteiger partial charge in [0.15, 0.2) is 0 Å². The maximum atomic E-state index is 4.16. The smallest absolute Gasteiger partial charge is 0.222 e. The molecular formula is C9H7N5. The normalized spacial score (nSPS) is 13.1. The molecule has 5 heteroatoms. The molecule has 0 N–H and O–H groups in total. The van der Waals surface area contributed by atoms with Crippen molar-refractivity contribution >= 4 is 12.2 Å². The van der Waals surface area contributed by atoms with Gasteiger partial charge in [-0.3, -0.25) is 0 Å². The topological polar surface area (TPSA) is 56.0 Å². The molecule has 0 saturated heterocycles. The summed E-state index contributed by atoms with van der Waals surface area (Å²) in [5, 5.41) is 11.3. The summed E-state index contributed by atoms with van der Waals surface area (Å²) in [7, 11) is 0. The van der Waals surface area contributed by atoms with Crippen LogP contribution in [0.1, 0.15) is 5.56 Å². The highest BCUT2D eigenvalue weighted by atomic mass is 15.6. The molecule has 5 nitrogen and oxygen atoms in total. The predicted octanol–water partition coefficient (Wildman–Crippen LogP) is 0.921. The molecule has 1 aliphatic rings. The zero-order valence-corrected chi connectivity index (χ0v) is 7.33. The molecule has 3 rings (SSSR count). The van der Waals surface area contributed by atoms with Gasteiger partial charge in [-0.2, -0.15) is 4.68 Å². The fourth-order valence-corrected chi connectivity index (χ4v) is 1.53. The van der Waals surface area contributed by atoms with Crippen LogP contribution >= 0.6 is 0 Å². The Morgan fingerprint density at radius 1 is 1.21 bits per heavy atom. The van der Waals surface area contributed by atoms with Crippen molar-refractivity contribution in [3.63, 3.8) is 0 Å². The maximum Gasteiger partial charge on any atom is 0.273 e. The van der Waals surface area contributed by atoms with Gasteiger partial charge in [-0.05, 0) is 22.1 Å². The molecule has 14 heavy (non-hydrogen) atoms. The molecule has 0 spiro atoms. The summed E-state index contributed by atoms with van der Waals surface area (Å²) >= 11 is 0. The molecule has 0 unspecified atom stereocenters. The largest absolute Gasteiger partial charge is 0.273 e. The molecule has 0 aliphatic carbocycles. The molecule has 0 fully saturated rings. The molecule has 0 radical (unpaired) electrons. The van der Waals surface area contributed by atoms with Crippen LogP contribution in [0.25, 0.3) is 5.69 Å². The van der Waals surface area contributed by atoms with E-state index in [9.17, 15) is 0 Å². The maximum absolute atomic E-state index is 4.16. The van der Waals surface area contributed by atoms with Gasteiger partial charge < -0.3 is 0 Å². The van der Waals surface area contributed by atoms with Crippen molar-refractivity contribution in [2.24, 2.45) is 4.99 Å². The van der Waals surface area contributed by atoms with Crippen LogP contribution in [0.15, 0.2) is 29.3 Å². The second kappa shape index (κ2) is 2.73. The highest BCUT2D eigenvalue weighted by Gasteiger charge is 2.12. The first kappa shape index (κ1) is 7.37. The summed E-state index contributed by atoms with van der Waals surface area (Å²) in [5.41, 5.74) is 2.19. The molecule has 2 heterocycles. The van der Waals surface area contributed by atoms with E-state index in [1.54, 1.807) is 4.68 Å². The summed E-state index contributed by atoms with van der Waals surface area (Å²) in [6.07, 6.45) is 2.63. The third-order valence-electron chi connectivity index (χ3n) is 2.19. The van der Waals surface area contributed by atoms with Crippen molar-refractivity contribution in [2.75, 3.05) is 0 Å². The van der Waals surface area contributed by atoms with Crippen molar-refractivity contribution < 1.29 is 0 Å². The highest BCUT2D eigenvalue weighted by Crippen LogP contribution is 2.20. The van der Waals surface area contributed by atoms with E-state index in [0.29, 0.717) is 5.95 Å². The Bertz CT molecular complexity index is 499. The van der Waals surface area contributed by atoms with E-state index in [2.05, 4.69) is 26.6 Å². The highest BCUT2D eigenvalue weighted by molar-refractivity contribution is 5.69. The Morgan fingerprint density at radius 2 is 2.14 bits per heavy atom. The Morgan fingerprint density at radius 3 is 3.14 bits per heavy atom. The summed E-state index contributed by atoms with van der Waals surface area (Å²) in [5.74, 6) is 0.537. The van der Waals surface area contributed by atoms with Crippen LogP contribution in [0.2, 0.25) is 0 Å². The minimum atomic E-state index is 0.537. The van der Waals surface area contributed by atoms with Crippen molar-refractivity contribution in [3.05, 3.63) is 29.8 Å². The average Bonchev–Trinajstić information content (AvgIpc) is 2.61. The molecular weight excluding hydrogens is 178 g/mol. The van der Waals surface area contributed by atoms with Gasteiger partial charge in [-0.1, -0.05) is 23.3 Å². The minimum Gasteiger partial charge on any atom is -0.222 e. The standard InChI is InChI=1S/C9H7N5/c1-2-4-8-7(3-1)5-6-10-9-11-12-13-14(8)9/h1-4,6H,5H2. The first-order chi connectivity index (χ1) is 6.95. The molecule has 1 aliphatic heterocycles. The number of rotatable bonds is 0. The third kappa shape index (κ3) is 0.953. The lowest BCUT2D eigenvalue weighted by atomic mass is 10.1. The third-order valence-corrected chi connectivity index (χ3v) is 2.19. The Kier molecular flexibility index (Phi) is 1.44. The molecule has 0 atom stereocenters. The first-order valence-corrected chi connectivity index (χ1v) is 4.34. The van der Waals surface area contributed by atoms with Crippen molar-refractivity contribution in [2.45, 2.75) is 6.42 Å². The van der Waals surface area contributed by atoms with Gasteiger partial charge in [0, 0.05) is 12.6 Å². The van der Waals surface area contributed by atoms with Crippen LogP contribution < -0.4 is 0 Å². The first-order valence-electron chi connectivity index (χ1n) is 4.34. The van der Waals surface area contributed by atoms with E-state index in [0.717, 1.165) is 12.1 Å². The van der Waals surface area contributed by atoms with Gasteiger partial charge in [-0.15, -0.1) is 0 Å². The molecule has 0 bridgehead atoms. The minimum absolute atomic E-state index is 0.537. The lowest BCUT2D eigenvalue weighted by Crippen LogP contribution is -1.99. The zero-order chi connectivity index (χ0) is 9.38. The SMILES string of the molecule is C1=Nc2nnnn2-c2ccccc2C1. The monoisotopic (exact) mass is 185 g/mol. The average molecular weight is 185 g/mol. The summed E-state index contributed by atoms with van der Waals surface area (Å²) in [6, 6.07) is 8.01. The molecule has 68 valence electrons. The van der Waals surface area contributed by atoms with Crippen molar-refractivity contribution in [1.82, 2.24) is 20.2 Å². The molecule has 1 aromatic heterocycles. The lowest BCUT2D eigenvalue weighted by Gasteiger charge is -2.03. The fraction of sp³-hybridized carbons (Fsp3) is 0.111. The second-order valence-electron chi connectivity index (χ2n) is 3.04. The zero-order valence-electron chi connectivity index (χ0n) is 7.33. The second-order valence-corrected chi connectivity index (χ2v) is 3.04. The summed E-state index contributed by atoms with van der Waals surface area (Å²) in [4.78, 5) is 4.16. The van der Waals surface area contributed by atoms with Gasteiger partial charge >= 0.3 is 0 Å². The van der Waals surface area contributed by atoms with E-state index in [-0.39, 0.29) is 0 Å². The van der Waals surface area contributed by atoms with Gasteiger partial charge in [0.2, 0.25) is 0 Å². The Hall–Kier alpha value is -2.04. The molecule has 1 aromatic carbocycles. The van der Waals surface area contributed by atoms with Crippen molar-refractivity contribution in [3.8, 4) is 5.69 Å².